The van der Waals surface area contributed by atoms with Crippen LogP contribution in [-0.4, -0.2) is 15.9 Å². The number of carbonyl (C=O) groups is 1. The van der Waals surface area contributed by atoms with E-state index < -0.39 is 0 Å². The highest BCUT2D eigenvalue weighted by Gasteiger charge is 2.19. The van der Waals surface area contributed by atoms with Crippen LogP contribution in [0.5, 0.6) is 0 Å². The van der Waals surface area contributed by atoms with Crippen LogP contribution in [0.1, 0.15) is 28.8 Å². The number of aromatic nitrogens is 2. The standard InChI is InChI=1S/C18H18N4OS/c23-15(10-12-6-2-1-3-7-12)21-22-17-16-13-8-4-5-9-14(13)24-18(16)20-11-19-17/h1-3,6-7,11H,4-5,8-10H2,(H,21,23)(H,19,20,22). The number of thiophene rings is 1. The lowest BCUT2D eigenvalue weighted by Gasteiger charge is -2.13. The number of anilines is 1. The third-order valence-corrected chi connectivity index (χ3v) is 5.48. The van der Waals surface area contributed by atoms with Gasteiger partial charge in [-0.2, -0.15) is 0 Å². The zero-order valence-electron chi connectivity index (χ0n) is 13.2. The van der Waals surface area contributed by atoms with Crippen LogP contribution < -0.4 is 10.9 Å². The Kier molecular flexibility index (Phi) is 4.13. The summed E-state index contributed by atoms with van der Waals surface area (Å²) in [5, 5.41) is 1.07. The molecule has 24 heavy (non-hydrogen) atoms. The van der Waals surface area contributed by atoms with Gasteiger partial charge in [0.25, 0.3) is 0 Å². The highest BCUT2D eigenvalue weighted by Crippen LogP contribution is 2.37. The number of nitrogens with zero attached hydrogens (tertiary/aromatic N) is 2. The molecule has 3 aromatic rings. The van der Waals surface area contributed by atoms with Gasteiger partial charge < -0.3 is 0 Å². The molecule has 5 nitrogen and oxygen atoms in total. The summed E-state index contributed by atoms with van der Waals surface area (Å²) in [7, 11) is 0. The van der Waals surface area contributed by atoms with Gasteiger partial charge in [-0.05, 0) is 36.8 Å². The Hall–Kier alpha value is -2.47. The van der Waals surface area contributed by atoms with E-state index in [1.54, 1.807) is 17.7 Å². The fourth-order valence-electron chi connectivity index (χ4n) is 3.14. The van der Waals surface area contributed by atoms with Crippen LogP contribution >= 0.6 is 11.3 Å². The number of nitrogens with one attached hydrogen (secondary N) is 2. The normalized spacial score (nSPS) is 13.5. The summed E-state index contributed by atoms with van der Waals surface area (Å²) in [5.41, 5.74) is 8.09. The first-order valence-corrected chi connectivity index (χ1v) is 8.97. The van der Waals surface area contributed by atoms with Crippen LogP contribution in [0.2, 0.25) is 0 Å². The molecule has 0 aliphatic heterocycles. The molecule has 4 rings (SSSR count). The third-order valence-electron chi connectivity index (χ3n) is 4.28. The number of amides is 1. The van der Waals surface area contributed by atoms with Crippen molar-refractivity contribution in [1.29, 1.82) is 0 Å². The van der Waals surface area contributed by atoms with Crippen molar-refractivity contribution in [1.82, 2.24) is 15.4 Å². The van der Waals surface area contributed by atoms with Gasteiger partial charge in [-0.15, -0.1) is 11.3 Å². The monoisotopic (exact) mass is 338 g/mol. The molecule has 0 atom stereocenters. The van der Waals surface area contributed by atoms with Gasteiger partial charge >= 0.3 is 0 Å². The van der Waals surface area contributed by atoms with Crippen LogP contribution in [0.25, 0.3) is 10.2 Å². The molecule has 1 aliphatic rings. The van der Waals surface area contributed by atoms with Gasteiger partial charge in [0.05, 0.1) is 11.8 Å². The molecular formula is C18H18N4OS. The number of hydrogen-bond donors (Lipinski definition) is 2. The molecule has 0 saturated heterocycles. The topological polar surface area (TPSA) is 66.9 Å². The molecule has 0 fully saturated rings. The molecule has 0 unspecified atom stereocenters. The molecule has 1 aromatic carbocycles. The lowest BCUT2D eigenvalue weighted by molar-refractivity contribution is -0.119. The maximum absolute atomic E-state index is 12.1. The van der Waals surface area contributed by atoms with Gasteiger partial charge in [-0.25, -0.2) is 9.97 Å². The molecule has 0 bridgehead atoms. The molecule has 122 valence electrons. The molecular weight excluding hydrogens is 320 g/mol. The first kappa shape index (κ1) is 15.1. The summed E-state index contributed by atoms with van der Waals surface area (Å²) in [6.45, 7) is 0. The molecule has 1 aliphatic carbocycles. The van der Waals surface area contributed by atoms with E-state index in [2.05, 4.69) is 20.8 Å². The van der Waals surface area contributed by atoms with E-state index >= 15 is 0 Å². The maximum Gasteiger partial charge on any atom is 0.242 e. The fourth-order valence-corrected chi connectivity index (χ4v) is 4.37. The Morgan fingerprint density at radius 3 is 2.83 bits per heavy atom. The zero-order chi connectivity index (χ0) is 16.4. The number of fused-ring (bicyclic) bond motifs is 3. The molecule has 6 heteroatoms. The van der Waals surface area contributed by atoms with Crippen molar-refractivity contribution in [3.8, 4) is 0 Å². The van der Waals surface area contributed by atoms with Crippen molar-refractivity contribution in [3.05, 3.63) is 52.7 Å². The minimum atomic E-state index is -0.0861. The number of aryl methyl sites for hydroxylation is 2. The van der Waals surface area contributed by atoms with E-state index in [0.717, 1.165) is 28.6 Å². The van der Waals surface area contributed by atoms with Crippen LogP contribution in [0.3, 0.4) is 0 Å². The number of carbonyl (C=O) groups excluding carboxylic acids is 1. The van der Waals surface area contributed by atoms with E-state index in [1.807, 2.05) is 30.3 Å². The van der Waals surface area contributed by atoms with Crippen LogP contribution in [0.4, 0.5) is 5.82 Å². The second-order valence-electron chi connectivity index (χ2n) is 5.95. The average molecular weight is 338 g/mol. The number of hydrogen-bond acceptors (Lipinski definition) is 5. The third kappa shape index (κ3) is 2.97. The molecule has 2 aromatic heterocycles. The average Bonchev–Trinajstić information content (AvgIpc) is 3.00. The first-order valence-electron chi connectivity index (χ1n) is 8.15. The predicted octanol–water partition coefficient (Wildman–Crippen LogP) is 3.26. The Bertz CT molecular complexity index is 875. The van der Waals surface area contributed by atoms with Gasteiger partial charge in [0.15, 0.2) is 5.82 Å². The van der Waals surface area contributed by atoms with Crippen LogP contribution in [0.15, 0.2) is 36.7 Å². The van der Waals surface area contributed by atoms with Crippen molar-refractivity contribution in [2.45, 2.75) is 32.1 Å². The minimum absolute atomic E-state index is 0.0861. The number of hydrazine groups is 1. The lowest BCUT2D eigenvalue weighted by Crippen LogP contribution is -2.31. The van der Waals surface area contributed by atoms with Gasteiger partial charge in [-0.3, -0.25) is 15.6 Å². The van der Waals surface area contributed by atoms with E-state index in [1.165, 1.54) is 23.3 Å². The largest absolute Gasteiger partial charge is 0.281 e. The van der Waals surface area contributed by atoms with Crippen molar-refractivity contribution in [3.63, 3.8) is 0 Å². The Balaban J connectivity index is 1.52. The van der Waals surface area contributed by atoms with Crippen molar-refractivity contribution < 1.29 is 4.79 Å². The highest BCUT2D eigenvalue weighted by molar-refractivity contribution is 7.19. The van der Waals surface area contributed by atoms with Gasteiger partial charge in [-0.1, -0.05) is 30.3 Å². The van der Waals surface area contributed by atoms with Crippen LogP contribution in [0, 0.1) is 0 Å². The second-order valence-corrected chi connectivity index (χ2v) is 7.03. The highest BCUT2D eigenvalue weighted by atomic mass is 32.1. The van der Waals surface area contributed by atoms with E-state index in [9.17, 15) is 4.79 Å². The summed E-state index contributed by atoms with van der Waals surface area (Å²) < 4.78 is 0. The molecule has 1 amide bonds. The van der Waals surface area contributed by atoms with Crippen molar-refractivity contribution in [2.75, 3.05) is 5.43 Å². The molecule has 0 radical (unpaired) electrons. The minimum Gasteiger partial charge on any atom is -0.281 e. The Morgan fingerprint density at radius 1 is 1.12 bits per heavy atom. The SMILES string of the molecule is O=C(Cc1ccccc1)NNc1ncnc2sc3c(c12)CCCC3. The first-order chi connectivity index (χ1) is 11.8. The molecule has 2 N–H and O–H groups in total. The molecule has 2 heterocycles. The smallest absolute Gasteiger partial charge is 0.242 e. The maximum atomic E-state index is 12.1. The van der Waals surface area contributed by atoms with E-state index in [-0.39, 0.29) is 5.91 Å². The van der Waals surface area contributed by atoms with Crippen molar-refractivity contribution >= 4 is 33.3 Å². The zero-order valence-corrected chi connectivity index (χ0v) is 14.0. The quantitative estimate of drug-likeness (QED) is 0.717. The summed E-state index contributed by atoms with van der Waals surface area (Å²) in [5.74, 6) is 0.609. The molecule has 0 saturated carbocycles. The predicted molar refractivity (Wildman–Crippen MR) is 96.0 cm³/mol. The van der Waals surface area contributed by atoms with E-state index in [4.69, 9.17) is 0 Å². The summed E-state index contributed by atoms with van der Waals surface area (Å²) in [6, 6.07) is 9.69. The Labute approximate surface area is 144 Å². The number of benzene rings is 1. The lowest BCUT2D eigenvalue weighted by atomic mass is 9.97. The summed E-state index contributed by atoms with van der Waals surface area (Å²) >= 11 is 1.75. The number of rotatable bonds is 4. The second kappa shape index (κ2) is 6.57. The van der Waals surface area contributed by atoms with Gasteiger partial charge in [0.1, 0.15) is 11.2 Å². The Morgan fingerprint density at radius 2 is 1.96 bits per heavy atom. The van der Waals surface area contributed by atoms with E-state index in [0.29, 0.717) is 12.2 Å². The summed E-state index contributed by atoms with van der Waals surface area (Å²) in [4.78, 5) is 23.3. The molecule has 0 spiro atoms. The van der Waals surface area contributed by atoms with Gasteiger partial charge in [0, 0.05) is 4.88 Å². The fraction of sp³-hybridized carbons (Fsp3) is 0.278. The van der Waals surface area contributed by atoms with Gasteiger partial charge in [0.2, 0.25) is 5.91 Å². The van der Waals surface area contributed by atoms with Crippen LogP contribution in [-0.2, 0) is 24.1 Å². The van der Waals surface area contributed by atoms with Crippen molar-refractivity contribution in [2.24, 2.45) is 0 Å². The summed E-state index contributed by atoms with van der Waals surface area (Å²) in [6.07, 6.45) is 6.52.